The van der Waals surface area contributed by atoms with Crippen LogP contribution >= 0.6 is 0 Å². The fourth-order valence-corrected chi connectivity index (χ4v) is 6.57. The van der Waals surface area contributed by atoms with E-state index in [0.29, 0.717) is 33.9 Å². The second kappa shape index (κ2) is 11.3. The van der Waals surface area contributed by atoms with Crippen molar-refractivity contribution in [2.45, 2.75) is 24.0 Å². The number of sulfonamides is 1. The summed E-state index contributed by atoms with van der Waals surface area (Å²) in [5.74, 6) is -0.526. The SMILES string of the molecule is COC(=O)[C@H]1Cc2c(cc(OC)c(-c3ccccc3)c2OC)O[C@]1(NS(=O)(=O)c1ccc(C)cc1)c1ccccc1. The molecule has 2 atom stereocenters. The van der Waals surface area contributed by atoms with Crippen molar-refractivity contribution < 1.29 is 32.2 Å². The molecule has 1 heterocycles. The van der Waals surface area contributed by atoms with Gasteiger partial charge < -0.3 is 18.9 Å². The van der Waals surface area contributed by atoms with Gasteiger partial charge in [0.05, 0.1) is 31.8 Å². The number of aryl methyl sites for hydroxylation is 1. The van der Waals surface area contributed by atoms with Crippen molar-refractivity contribution in [2.75, 3.05) is 21.3 Å². The predicted molar refractivity (Wildman–Crippen MR) is 154 cm³/mol. The number of nitrogens with one attached hydrogen (secondary N) is 1. The topological polar surface area (TPSA) is 100 Å². The molecule has 1 N–H and O–H groups in total. The molecule has 9 heteroatoms. The summed E-state index contributed by atoms with van der Waals surface area (Å²) in [5.41, 5.74) is 1.61. The molecule has 0 amide bonds. The Morgan fingerprint density at radius 2 is 1.54 bits per heavy atom. The molecule has 0 fully saturated rings. The van der Waals surface area contributed by atoms with Crippen molar-refractivity contribution in [3.8, 4) is 28.4 Å². The Balaban J connectivity index is 1.76. The molecule has 212 valence electrons. The number of hydrogen-bond donors (Lipinski definition) is 1. The third kappa shape index (κ3) is 5.14. The first kappa shape index (κ1) is 28.2. The van der Waals surface area contributed by atoms with Crippen molar-refractivity contribution in [3.05, 3.63) is 108 Å². The highest BCUT2D eigenvalue weighted by Gasteiger charge is 2.54. The van der Waals surface area contributed by atoms with E-state index in [-0.39, 0.29) is 11.3 Å². The molecule has 0 radical (unpaired) electrons. The van der Waals surface area contributed by atoms with E-state index in [9.17, 15) is 13.2 Å². The average Bonchev–Trinajstić information content (AvgIpc) is 3.00. The molecule has 4 aromatic carbocycles. The monoisotopic (exact) mass is 573 g/mol. The lowest BCUT2D eigenvalue weighted by molar-refractivity contribution is -0.157. The van der Waals surface area contributed by atoms with E-state index in [0.717, 1.165) is 11.1 Å². The van der Waals surface area contributed by atoms with E-state index >= 15 is 0 Å². The Labute approximate surface area is 239 Å². The van der Waals surface area contributed by atoms with Gasteiger partial charge in [0.25, 0.3) is 0 Å². The Morgan fingerprint density at radius 3 is 2.12 bits per heavy atom. The standard InChI is InChI=1S/C32H31NO7S/c1-21-15-17-24(18-16-21)41(35,36)33-32(23-13-9-6-10-14-23)26(31(34)39-4)19-25-27(40-32)20-28(37-2)29(30(25)38-3)22-11-7-5-8-12-22/h5-18,20,26,33H,19H2,1-4H3/t26-,32-/m1/s1. The van der Waals surface area contributed by atoms with Crippen LogP contribution in [-0.4, -0.2) is 35.7 Å². The van der Waals surface area contributed by atoms with Crippen LogP contribution in [0.25, 0.3) is 11.1 Å². The largest absolute Gasteiger partial charge is 0.496 e. The van der Waals surface area contributed by atoms with E-state index in [2.05, 4.69) is 4.72 Å². The molecular weight excluding hydrogens is 542 g/mol. The van der Waals surface area contributed by atoms with Crippen LogP contribution in [-0.2, 0) is 31.7 Å². The third-order valence-corrected chi connectivity index (χ3v) is 8.73. The minimum atomic E-state index is -4.19. The summed E-state index contributed by atoms with van der Waals surface area (Å²) in [5, 5.41) is 0. The number of ether oxygens (including phenoxy) is 4. The van der Waals surface area contributed by atoms with Crippen molar-refractivity contribution in [3.63, 3.8) is 0 Å². The fraction of sp³-hybridized carbons (Fsp3) is 0.219. The Bertz CT molecular complexity index is 1660. The van der Waals surface area contributed by atoms with Gasteiger partial charge in [-0.3, -0.25) is 4.79 Å². The smallest absolute Gasteiger partial charge is 0.314 e. The van der Waals surface area contributed by atoms with Crippen LogP contribution in [0.1, 0.15) is 16.7 Å². The van der Waals surface area contributed by atoms with Crippen LogP contribution in [0.5, 0.6) is 17.2 Å². The van der Waals surface area contributed by atoms with Gasteiger partial charge in [0.15, 0.2) is 0 Å². The Hall–Kier alpha value is -4.34. The predicted octanol–water partition coefficient (Wildman–Crippen LogP) is 5.23. The maximum atomic E-state index is 13.9. The van der Waals surface area contributed by atoms with Crippen LogP contribution in [0.15, 0.2) is 95.9 Å². The zero-order valence-corrected chi connectivity index (χ0v) is 24.0. The van der Waals surface area contributed by atoms with Gasteiger partial charge in [-0.15, -0.1) is 0 Å². The fourth-order valence-electron chi connectivity index (χ4n) is 5.26. The number of carbonyl (C=O) groups excluding carboxylic acids is 1. The number of esters is 1. The Morgan fingerprint density at radius 1 is 0.902 bits per heavy atom. The highest BCUT2D eigenvalue weighted by atomic mass is 32.2. The van der Waals surface area contributed by atoms with Crippen LogP contribution in [0.2, 0.25) is 0 Å². The number of carbonyl (C=O) groups is 1. The molecule has 0 aromatic heterocycles. The molecule has 0 unspecified atom stereocenters. The molecule has 8 nitrogen and oxygen atoms in total. The number of methoxy groups -OCH3 is 3. The molecule has 41 heavy (non-hydrogen) atoms. The van der Waals surface area contributed by atoms with Gasteiger partial charge in [-0.05, 0) is 31.0 Å². The van der Waals surface area contributed by atoms with E-state index in [4.69, 9.17) is 18.9 Å². The van der Waals surface area contributed by atoms with Gasteiger partial charge in [0.2, 0.25) is 15.7 Å². The summed E-state index contributed by atoms with van der Waals surface area (Å²) in [4.78, 5) is 13.5. The van der Waals surface area contributed by atoms with Crippen molar-refractivity contribution in [1.29, 1.82) is 0 Å². The Kier molecular flexibility index (Phi) is 7.75. The lowest BCUT2D eigenvalue weighted by Crippen LogP contribution is -2.59. The average molecular weight is 574 g/mol. The molecule has 0 aliphatic carbocycles. The lowest BCUT2D eigenvalue weighted by atomic mass is 9.81. The zero-order chi connectivity index (χ0) is 29.2. The van der Waals surface area contributed by atoms with Crippen LogP contribution in [0.4, 0.5) is 0 Å². The van der Waals surface area contributed by atoms with Gasteiger partial charge >= 0.3 is 5.97 Å². The lowest BCUT2D eigenvalue weighted by Gasteiger charge is -2.44. The molecule has 0 saturated heterocycles. The summed E-state index contributed by atoms with van der Waals surface area (Å²) in [6.07, 6.45) is 0.0559. The first-order chi connectivity index (χ1) is 19.7. The first-order valence-corrected chi connectivity index (χ1v) is 14.5. The quantitative estimate of drug-likeness (QED) is 0.288. The molecule has 1 aliphatic heterocycles. The zero-order valence-electron chi connectivity index (χ0n) is 23.2. The highest BCUT2D eigenvalue weighted by Crippen LogP contribution is 2.52. The summed E-state index contributed by atoms with van der Waals surface area (Å²) >= 11 is 0. The third-order valence-electron chi connectivity index (χ3n) is 7.27. The maximum absolute atomic E-state index is 13.9. The van der Waals surface area contributed by atoms with E-state index in [1.54, 1.807) is 48.5 Å². The molecule has 4 aromatic rings. The highest BCUT2D eigenvalue weighted by molar-refractivity contribution is 7.89. The van der Waals surface area contributed by atoms with Crippen LogP contribution < -0.4 is 18.9 Å². The summed E-state index contributed by atoms with van der Waals surface area (Å²) in [6, 6.07) is 26.5. The summed E-state index contributed by atoms with van der Waals surface area (Å²) < 4.78 is 54.0. The number of fused-ring (bicyclic) bond motifs is 1. The second-order valence-electron chi connectivity index (χ2n) is 9.73. The van der Waals surface area contributed by atoms with Gasteiger partial charge in [-0.25, -0.2) is 8.42 Å². The number of rotatable bonds is 8. The summed E-state index contributed by atoms with van der Waals surface area (Å²) in [7, 11) is 0.154. The van der Waals surface area contributed by atoms with Crippen molar-refractivity contribution in [2.24, 2.45) is 5.92 Å². The molecule has 0 bridgehead atoms. The second-order valence-corrected chi connectivity index (χ2v) is 11.4. The van der Waals surface area contributed by atoms with Crippen LogP contribution in [0, 0.1) is 12.8 Å². The van der Waals surface area contributed by atoms with Gasteiger partial charge in [-0.1, -0.05) is 78.4 Å². The van der Waals surface area contributed by atoms with Gasteiger partial charge in [-0.2, -0.15) is 4.72 Å². The minimum Gasteiger partial charge on any atom is -0.496 e. The number of benzene rings is 4. The molecular formula is C32H31NO7S. The molecule has 0 saturated carbocycles. The maximum Gasteiger partial charge on any atom is 0.314 e. The molecule has 0 spiro atoms. The van der Waals surface area contributed by atoms with E-state index < -0.39 is 27.6 Å². The van der Waals surface area contributed by atoms with Crippen molar-refractivity contribution in [1.82, 2.24) is 4.72 Å². The molecule has 1 aliphatic rings. The first-order valence-electron chi connectivity index (χ1n) is 13.0. The normalized spacial score (nSPS) is 18.1. The number of hydrogen-bond acceptors (Lipinski definition) is 7. The van der Waals surface area contributed by atoms with Crippen molar-refractivity contribution >= 4 is 16.0 Å². The van der Waals surface area contributed by atoms with Gasteiger partial charge in [0, 0.05) is 17.2 Å². The molecule has 5 rings (SSSR count). The van der Waals surface area contributed by atoms with E-state index in [1.165, 1.54) is 33.5 Å². The van der Waals surface area contributed by atoms with Gasteiger partial charge in [0.1, 0.15) is 23.2 Å². The summed E-state index contributed by atoms with van der Waals surface area (Å²) in [6.45, 7) is 1.87. The minimum absolute atomic E-state index is 0.0333. The van der Waals surface area contributed by atoms with Crippen LogP contribution in [0.3, 0.4) is 0 Å². The van der Waals surface area contributed by atoms with E-state index in [1.807, 2.05) is 37.3 Å².